The summed E-state index contributed by atoms with van der Waals surface area (Å²) in [6.07, 6.45) is 3.68. The third-order valence-corrected chi connectivity index (χ3v) is 7.59. The summed E-state index contributed by atoms with van der Waals surface area (Å²) in [5.74, 6) is 6.69. The minimum absolute atomic E-state index is 0.00394. The van der Waals surface area contributed by atoms with E-state index in [-0.39, 0.29) is 29.4 Å². The minimum Gasteiger partial charge on any atom is -0.353 e. The Bertz CT molecular complexity index is 1060. The van der Waals surface area contributed by atoms with E-state index in [0.29, 0.717) is 12.8 Å². The molecule has 2 aromatic carbocycles. The molecule has 0 radical (unpaired) electrons. The molecule has 164 valence electrons. The molecule has 1 N–H and O–H groups in total. The maximum atomic E-state index is 11.9. The van der Waals surface area contributed by atoms with E-state index in [9.17, 15) is 13.2 Å². The number of carbonyl (C=O) groups is 1. The van der Waals surface area contributed by atoms with Gasteiger partial charge < -0.3 is 5.32 Å². The molecule has 1 amide bonds. The molecule has 1 aliphatic rings. The van der Waals surface area contributed by atoms with E-state index in [1.807, 2.05) is 31.2 Å². The maximum absolute atomic E-state index is 11.9. The normalized spacial score (nSPS) is 17.9. The van der Waals surface area contributed by atoms with Gasteiger partial charge in [0.25, 0.3) is 0 Å². The molecule has 0 saturated carbocycles. The van der Waals surface area contributed by atoms with Gasteiger partial charge in [0.05, 0.1) is 5.75 Å². The van der Waals surface area contributed by atoms with Crippen LogP contribution in [0, 0.1) is 11.8 Å². The van der Waals surface area contributed by atoms with Crippen molar-refractivity contribution in [2.45, 2.75) is 57.9 Å². The first-order chi connectivity index (χ1) is 14.9. The average molecular weight is 438 g/mol. The number of nitrogens with one attached hydrogen (secondary N) is 1. The van der Waals surface area contributed by atoms with E-state index < -0.39 is 9.84 Å². The van der Waals surface area contributed by atoms with Crippen LogP contribution in [0.25, 0.3) is 0 Å². The Hall–Kier alpha value is -2.58. The number of aryl methyl sites for hydroxylation is 1. The average Bonchev–Trinajstić information content (AvgIpc) is 2.73. The van der Waals surface area contributed by atoms with Crippen LogP contribution < -0.4 is 5.32 Å². The van der Waals surface area contributed by atoms with Gasteiger partial charge in [-0.1, -0.05) is 55.2 Å². The third-order valence-electron chi connectivity index (χ3n) is 5.73. The Morgan fingerprint density at radius 1 is 1.13 bits per heavy atom. The first-order valence-corrected chi connectivity index (χ1v) is 12.8. The van der Waals surface area contributed by atoms with Crippen molar-refractivity contribution in [3.63, 3.8) is 0 Å². The maximum Gasteiger partial charge on any atom is 0.217 e. The zero-order chi connectivity index (χ0) is 22.3. The predicted molar refractivity (Wildman–Crippen MR) is 126 cm³/mol. The van der Waals surface area contributed by atoms with Crippen LogP contribution in [0.2, 0.25) is 0 Å². The van der Waals surface area contributed by atoms with Crippen LogP contribution >= 0.6 is 0 Å². The number of amides is 1. The largest absolute Gasteiger partial charge is 0.353 e. The number of hydrogen-bond acceptors (Lipinski definition) is 3. The SMILES string of the molecule is CCCS(=O)(=O)CCC#Cc1ccc2c(c1)C(Cc1ccccc1)C(NC(C)=O)CC2. The van der Waals surface area contributed by atoms with Crippen molar-refractivity contribution in [1.29, 1.82) is 0 Å². The highest BCUT2D eigenvalue weighted by molar-refractivity contribution is 7.91. The number of benzene rings is 2. The lowest BCUT2D eigenvalue weighted by Crippen LogP contribution is -2.41. The number of sulfone groups is 1. The van der Waals surface area contributed by atoms with Crippen LogP contribution in [0.1, 0.15) is 61.3 Å². The Balaban J connectivity index is 1.83. The second kappa shape index (κ2) is 10.6. The molecule has 0 saturated heterocycles. The molecule has 2 unspecified atom stereocenters. The van der Waals surface area contributed by atoms with Crippen LogP contribution in [0.3, 0.4) is 0 Å². The first kappa shape index (κ1) is 23.1. The molecule has 4 nitrogen and oxygen atoms in total. The van der Waals surface area contributed by atoms with Crippen LogP contribution in [-0.2, 0) is 27.5 Å². The van der Waals surface area contributed by atoms with Crippen LogP contribution in [-0.4, -0.2) is 31.9 Å². The summed E-state index contributed by atoms with van der Waals surface area (Å²) in [5, 5.41) is 3.15. The molecule has 31 heavy (non-hydrogen) atoms. The molecule has 2 atom stereocenters. The summed E-state index contributed by atoms with van der Waals surface area (Å²) in [7, 11) is -3.01. The van der Waals surface area contributed by atoms with Gasteiger partial charge in [0.2, 0.25) is 5.91 Å². The Kier molecular flexibility index (Phi) is 7.92. The number of hydrogen-bond donors (Lipinski definition) is 1. The quantitative estimate of drug-likeness (QED) is 0.665. The molecule has 0 bridgehead atoms. The van der Waals surface area contributed by atoms with Gasteiger partial charge in [-0.2, -0.15) is 0 Å². The van der Waals surface area contributed by atoms with Gasteiger partial charge in [-0.3, -0.25) is 4.79 Å². The van der Waals surface area contributed by atoms with Gasteiger partial charge in [0, 0.05) is 36.6 Å². The molecule has 0 aromatic heterocycles. The molecule has 1 aliphatic carbocycles. The van der Waals surface area contributed by atoms with Gasteiger partial charge in [-0.05, 0) is 54.5 Å². The highest BCUT2D eigenvalue weighted by Gasteiger charge is 2.30. The van der Waals surface area contributed by atoms with Crippen LogP contribution in [0.15, 0.2) is 48.5 Å². The second-order valence-electron chi connectivity index (χ2n) is 8.26. The molecule has 2 aromatic rings. The Labute approximate surface area is 186 Å². The Morgan fingerprint density at radius 3 is 2.61 bits per heavy atom. The lowest BCUT2D eigenvalue weighted by Gasteiger charge is -2.34. The standard InChI is InChI=1S/C26H31NO3S/c1-3-16-31(29,30)17-8-7-11-22-12-13-23-14-15-26(27-20(2)28)25(24(23)18-22)19-21-9-5-4-6-10-21/h4-6,9-10,12-13,18,25-26H,3,8,14-17,19H2,1-2H3,(H,27,28). The second-order valence-corrected chi connectivity index (χ2v) is 10.6. The number of fused-ring (bicyclic) bond motifs is 1. The van der Waals surface area contributed by atoms with Gasteiger partial charge in [0.1, 0.15) is 0 Å². The van der Waals surface area contributed by atoms with Crippen molar-refractivity contribution in [1.82, 2.24) is 5.32 Å². The van der Waals surface area contributed by atoms with Crippen molar-refractivity contribution in [2.75, 3.05) is 11.5 Å². The predicted octanol–water partition coefficient (Wildman–Crippen LogP) is 4.03. The summed E-state index contributed by atoms with van der Waals surface area (Å²) in [5.41, 5.74) is 4.68. The first-order valence-electron chi connectivity index (χ1n) is 11.0. The van der Waals surface area contributed by atoms with Gasteiger partial charge in [-0.25, -0.2) is 8.42 Å². The van der Waals surface area contributed by atoms with E-state index in [2.05, 4.69) is 41.4 Å². The van der Waals surface area contributed by atoms with E-state index in [0.717, 1.165) is 24.8 Å². The van der Waals surface area contributed by atoms with E-state index in [4.69, 9.17) is 0 Å². The highest BCUT2D eigenvalue weighted by Crippen LogP contribution is 2.35. The molecule has 0 aliphatic heterocycles. The van der Waals surface area contributed by atoms with E-state index >= 15 is 0 Å². The summed E-state index contributed by atoms with van der Waals surface area (Å²) in [6.45, 7) is 3.44. The Morgan fingerprint density at radius 2 is 1.90 bits per heavy atom. The van der Waals surface area contributed by atoms with Crippen molar-refractivity contribution in [3.05, 3.63) is 70.8 Å². The fourth-order valence-electron chi connectivity index (χ4n) is 4.31. The van der Waals surface area contributed by atoms with Crippen LogP contribution in [0.5, 0.6) is 0 Å². The lowest BCUT2D eigenvalue weighted by molar-refractivity contribution is -0.119. The monoisotopic (exact) mass is 437 g/mol. The van der Waals surface area contributed by atoms with E-state index in [1.165, 1.54) is 16.7 Å². The highest BCUT2D eigenvalue weighted by atomic mass is 32.2. The number of carbonyl (C=O) groups excluding carboxylic acids is 1. The molecule has 3 rings (SSSR count). The smallest absolute Gasteiger partial charge is 0.217 e. The fraction of sp³-hybridized carbons (Fsp3) is 0.423. The van der Waals surface area contributed by atoms with Gasteiger partial charge in [-0.15, -0.1) is 0 Å². The van der Waals surface area contributed by atoms with Crippen LogP contribution in [0.4, 0.5) is 0 Å². The molecular weight excluding hydrogens is 406 g/mol. The minimum atomic E-state index is -3.01. The summed E-state index contributed by atoms with van der Waals surface area (Å²) >= 11 is 0. The zero-order valence-corrected chi connectivity index (χ0v) is 19.2. The molecule has 0 fully saturated rings. The van der Waals surface area contributed by atoms with Crippen molar-refractivity contribution in [3.8, 4) is 11.8 Å². The lowest BCUT2D eigenvalue weighted by atomic mass is 9.75. The third kappa shape index (κ3) is 6.70. The summed E-state index contributed by atoms with van der Waals surface area (Å²) < 4.78 is 23.7. The molecular formula is C26H31NO3S. The zero-order valence-electron chi connectivity index (χ0n) is 18.4. The van der Waals surface area contributed by atoms with Crippen molar-refractivity contribution >= 4 is 15.7 Å². The number of rotatable bonds is 7. The summed E-state index contributed by atoms with van der Waals surface area (Å²) in [4.78, 5) is 11.8. The fourth-order valence-corrected chi connectivity index (χ4v) is 5.55. The van der Waals surface area contributed by atoms with E-state index in [1.54, 1.807) is 6.92 Å². The van der Waals surface area contributed by atoms with Crippen molar-refractivity contribution in [2.24, 2.45) is 0 Å². The molecule has 0 spiro atoms. The topological polar surface area (TPSA) is 63.2 Å². The van der Waals surface area contributed by atoms with Gasteiger partial charge in [0.15, 0.2) is 9.84 Å². The molecule has 5 heteroatoms. The van der Waals surface area contributed by atoms with Crippen molar-refractivity contribution < 1.29 is 13.2 Å². The summed E-state index contributed by atoms with van der Waals surface area (Å²) in [6, 6.07) is 16.7. The van der Waals surface area contributed by atoms with Gasteiger partial charge >= 0.3 is 0 Å². The molecule has 0 heterocycles.